The molecule has 0 aliphatic carbocycles. The number of carbonyl (C=O) groups is 2. The molecule has 4 rings (SSSR count). The number of amides is 1. The lowest BCUT2D eigenvalue weighted by Crippen LogP contribution is -2.35. The fourth-order valence-corrected chi connectivity index (χ4v) is 4.16. The van der Waals surface area contributed by atoms with Crippen LogP contribution in [0.15, 0.2) is 84.4 Å². The molecular formula is C29H30N2O5. The van der Waals surface area contributed by atoms with Gasteiger partial charge < -0.3 is 24.4 Å². The molecule has 1 saturated heterocycles. The first-order chi connectivity index (χ1) is 17.4. The molecule has 7 heteroatoms. The van der Waals surface area contributed by atoms with Crippen molar-refractivity contribution >= 4 is 17.4 Å². The maximum atomic E-state index is 13.1. The smallest absolute Gasteiger partial charge is 0.295 e. The molecule has 0 saturated carbocycles. The molecule has 0 bridgehead atoms. The van der Waals surface area contributed by atoms with E-state index in [2.05, 4.69) is 0 Å². The summed E-state index contributed by atoms with van der Waals surface area (Å²) in [4.78, 5) is 29.6. The number of benzene rings is 3. The molecule has 1 aliphatic heterocycles. The van der Waals surface area contributed by atoms with Gasteiger partial charge in [0, 0.05) is 18.7 Å². The third-order valence-electron chi connectivity index (χ3n) is 6.14. The molecule has 0 spiro atoms. The Balaban J connectivity index is 1.67. The van der Waals surface area contributed by atoms with Gasteiger partial charge in [0.2, 0.25) is 0 Å². The van der Waals surface area contributed by atoms with Gasteiger partial charge in [-0.3, -0.25) is 9.59 Å². The molecule has 1 unspecified atom stereocenters. The van der Waals surface area contributed by atoms with Gasteiger partial charge in [0.1, 0.15) is 23.9 Å². The Kier molecular flexibility index (Phi) is 7.71. The van der Waals surface area contributed by atoms with Crippen molar-refractivity contribution in [3.8, 4) is 11.5 Å². The summed E-state index contributed by atoms with van der Waals surface area (Å²) in [5.74, 6) is -0.237. The highest BCUT2D eigenvalue weighted by Gasteiger charge is 2.45. The Morgan fingerprint density at radius 2 is 1.56 bits per heavy atom. The van der Waals surface area contributed by atoms with Crippen LogP contribution in [0.25, 0.3) is 5.76 Å². The molecule has 1 N–H and O–H groups in total. The average Bonchev–Trinajstić information content (AvgIpc) is 3.16. The number of Topliss-reactive ketones (excluding diaryl/α,β-unsaturated/α-hetero) is 1. The summed E-state index contributed by atoms with van der Waals surface area (Å²) in [5.41, 5.74) is 2.28. The van der Waals surface area contributed by atoms with Crippen LogP contribution < -0.4 is 9.47 Å². The van der Waals surface area contributed by atoms with Gasteiger partial charge in [-0.05, 0) is 61.6 Å². The van der Waals surface area contributed by atoms with Crippen LogP contribution in [0.5, 0.6) is 11.5 Å². The monoisotopic (exact) mass is 486 g/mol. The van der Waals surface area contributed by atoms with Crippen LogP contribution >= 0.6 is 0 Å². The number of methoxy groups -OCH3 is 1. The molecular weight excluding hydrogens is 456 g/mol. The van der Waals surface area contributed by atoms with E-state index in [1.165, 1.54) is 4.90 Å². The minimum Gasteiger partial charge on any atom is -0.507 e. The number of hydrogen-bond donors (Lipinski definition) is 1. The predicted octanol–water partition coefficient (Wildman–Crippen LogP) is 4.26. The maximum absolute atomic E-state index is 13.1. The van der Waals surface area contributed by atoms with Crippen LogP contribution in [-0.4, -0.2) is 60.9 Å². The van der Waals surface area contributed by atoms with E-state index in [9.17, 15) is 14.7 Å². The van der Waals surface area contributed by atoms with E-state index in [4.69, 9.17) is 9.47 Å². The third kappa shape index (κ3) is 5.42. The first kappa shape index (κ1) is 25.0. The third-order valence-corrected chi connectivity index (χ3v) is 6.14. The summed E-state index contributed by atoms with van der Waals surface area (Å²) in [7, 11) is 5.36. The topological polar surface area (TPSA) is 79.3 Å². The average molecular weight is 487 g/mol. The van der Waals surface area contributed by atoms with Crippen molar-refractivity contribution < 1.29 is 24.2 Å². The van der Waals surface area contributed by atoms with Crippen molar-refractivity contribution in [2.45, 2.75) is 12.6 Å². The lowest BCUT2D eigenvalue weighted by Gasteiger charge is -2.26. The second-order valence-corrected chi connectivity index (χ2v) is 8.87. The van der Waals surface area contributed by atoms with E-state index in [0.717, 1.165) is 11.1 Å². The van der Waals surface area contributed by atoms with Crippen LogP contribution in [0.4, 0.5) is 0 Å². The van der Waals surface area contributed by atoms with Gasteiger partial charge in [-0.15, -0.1) is 0 Å². The van der Waals surface area contributed by atoms with Gasteiger partial charge in [0.25, 0.3) is 11.7 Å². The number of likely N-dealkylation sites (N-methyl/N-ethyl adjacent to an activating group) is 1. The van der Waals surface area contributed by atoms with Gasteiger partial charge >= 0.3 is 0 Å². The lowest BCUT2D eigenvalue weighted by molar-refractivity contribution is -0.140. The molecule has 3 aromatic rings. The number of aliphatic hydroxyl groups excluding tert-OH is 1. The molecule has 1 fully saturated rings. The largest absolute Gasteiger partial charge is 0.507 e. The number of carbonyl (C=O) groups excluding carboxylic acids is 2. The van der Waals surface area contributed by atoms with E-state index in [-0.39, 0.29) is 11.3 Å². The standard InChI is InChI=1S/C29H30N2O5/c1-30(2)17-18-31-26(21-9-15-24(16-10-21)36-19-20-7-5-4-6-8-20)25(28(33)29(31)34)27(32)22-11-13-23(35-3)14-12-22/h4-16,26,32H,17-19H2,1-3H3/b27-25+. The number of aliphatic hydroxyl groups is 1. The van der Waals surface area contributed by atoms with Gasteiger partial charge in [-0.25, -0.2) is 0 Å². The summed E-state index contributed by atoms with van der Waals surface area (Å²) in [6.07, 6.45) is 0. The quantitative estimate of drug-likeness (QED) is 0.277. The van der Waals surface area contributed by atoms with E-state index >= 15 is 0 Å². The Bertz CT molecular complexity index is 1230. The predicted molar refractivity (Wildman–Crippen MR) is 138 cm³/mol. The molecule has 186 valence electrons. The molecule has 0 aromatic heterocycles. The zero-order valence-corrected chi connectivity index (χ0v) is 20.7. The Labute approximate surface area is 211 Å². The fraction of sp³-hybridized carbons (Fsp3) is 0.241. The first-order valence-electron chi connectivity index (χ1n) is 11.7. The van der Waals surface area contributed by atoms with Crippen LogP contribution in [-0.2, 0) is 16.2 Å². The zero-order chi connectivity index (χ0) is 25.7. The highest BCUT2D eigenvalue weighted by atomic mass is 16.5. The molecule has 1 heterocycles. The molecule has 3 aromatic carbocycles. The Morgan fingerprint density at radius 3 is 2.17 bits per heavy atom. The van der Waals surface area contributed by atoms with Crippen molar-refractivity contribution in [3.05, 3.63) is 101 Å². The number of hydrogen-bond acceptors (Lipinski definition) is 6. The van der Waals surface area contributed by atoms with Crippen molar-refractivity contribution in [2.75, 3.05) is 34.3 Å². The van der Waals surface area contributed by atoms with Crippen LogP contribution in [0.2, 0.25) is 0 Å². The van der Waals surface area contributed by atoms with Crippen molar-refractivity contribution in [1.82, 2.24) is 9.80 Å². The summed E-state index contributed by atoms with van der Waals surface area (Å²) < 4.78 is 11.1. The van der Waals surface area contributed by atoms with Gasteiger partial charge in [-0.1, -0.05) is 42.5 Å². The second kappa shape index (κ2) is 11.1. The minimum absolute atomic E-state index is 0.0712. The number of ether oxygens (including phenoxy) is 2. The van der Waals surface area contributed by atoms with Crippen molar-refractivity contribution in [1.29, 1.82) is 0 Å². The molecule has 1 atom stereocenters. The number of likely N-dealkylation sites (tertiary alicyclic amines) is 1. The fourth-order valence-electron chi connectivity index (χ4n) is 4.16. The van der Waals surface area contributed by atoms with Crippen molar-refractivity contribution in [3.63, 3.8) is 0 Å². The number of rotatable bonds is 9. The zero-order valence-electron chi connectivity index (χ0n) is 20.7. The Hall–Kier alpha value is -4.10. The highest BCUT2D eigenvalue weighted by Crippen LogP contribution is 2.39. The van der Waals surface area contributed by atoms with Crippen LogP contribution in [0.1, 0.15) is 22.7 Å². The summed E-state index contributed by atoms with van der Waals surface area (Å²) in [6, 6.07) is 23.2. The summed E-state index contributed by atoms with van der Waals surface area (Å²) in [5, 5.41) is 11.2. The number of ketones is 1. The van der Waals surface area contributed by atoms with E-state index in [0.29, 0.717) is 36.8 Å². The van der Waals surface area contributed by atoms with Crippen molar-refractivity contribution in [2.24, 2.45) is 0 Å². The van der Waals surface area contributed by atoms with E-state index in [1.54, 1.807) is 31.4 Å². The normalized spacial score (nSPS) is 17.0. The van der Waals surface area contributed by atoms with Crippen LogP contribution in [0.3, 0.4) is 0 Å². The number of nitrogens with zero attached hydrogens (tertiary/aromatic N) is 2. The van der Waals surface area contributed by atoms with Crippen LogP contribution in [0, 0.1) is 0 Å². The molecule has 1 aliphatic rings. The van der Waals surface area contributed by atoms with Gasteiger partial charge in [-0.2, -0.15) is 0 Å². The minimum atomic E-state index is -0.713. The van der Waals surface area contributed by atoms with E-state index in [1.807, 2.05) is 73.6 Å². The molecule has 36 heavy (non-hydrogen) atoms. The maximum Gasteiger partial charge on any atom is 0.295 e. The second-order valence-electron chi connectivity index (χ2n) is 8.87. The SMILES string of the molecule is COc1ccc(/C(O)=C2\C(=O)C(=O)N(CCN(C)C)C2c2ccc(OCc3ccccc3)cc2)cc1. The summed E-state index contributed by atoms with van der Waals surface area (Å²) >= 11 is 0. The Morgan fingerprint density at radius 1 is 0.917 bits per heavy atom. The molecule has 7 nitrogen and oxygen atoms in total. The van der Waals surface area contributed by atoms with Gasteiger partial charge in [0.05, 0.1) is 18.7 Å². The van der Waals surface area contributed by atoms with E-state index < -0.39 is 17.7 Å². The molecule has 1 amide bonds. The first-order valence-corrected chi connectivity index (χ1v) is 11.7. The summed E-state index contributed by atoms with van der Waals surface area (Å²) in [6.45, 7) is 1.34. The van der Waals surface area contributed by atoms with Gasteiger partial charge in [0.15, 0.2) is 0 Å². The highest BCUT2D eigenvalue weighted by molar-refractivity contribution is 6.46. The lowest BCUT2D eigenvalue weighted by atomic mass is 9.95. The molecule has 0 radical (unpaired) electrons.